The lowest BCUT2D eigenvalue weighted by Crippen LogP contribution is -2.82. The fraction of sp³-hybridized carbons (Fsp3) is 0.509. The molecule has 1 saturated heterocycles. The van der Waals surface area contributed by atoms with Gasteiger partial charge in [0.2, 0.25) is 12.2 Å². The number of ether oxygens (including phenoxy) is 6. The Balaban J connectivity index is 1.25. The molecule has 0 amide bonds. The molecular formula is C55H65N3O14. The van der Waals surface area contributed by atoms with Gasteiger partial charge in [-0.05, 0) is 110 Å². The maximum Gasteiger partial charge on any atom is 0.343 e. The quantitative estimate of drug-likeness (QED) is 0.0520. The third-order valence-electron chi connectivity index (χ3n) is 15.4. The fourth-order valence-electron chi connectivity index (χ4n) is 11.7. The van der Waals surface area contributed by atoms with Crippen LogP contribution in [0.4, 0.5) is 5.95 Å². The van der Waals surface area contributed by atoms with Gasteiger partial charge in [-0.15, -0.1) is 0 Å². The van der Waals surface area contributed by atoms with Crippen molar-refractivity contribution in [1.82, 2.24) is 9.55 Å². The maximum atomic E-state index is 15.3. The number of fused-ring (bicyclic) bond motifs is 6. The van der Waals surface area contributed by atoms with Crippen LogP contribution in [0.25, 0.3) is 6.08 Å². The Hall–Kier alpha value is -5.95. The van der Waals surface area contributed by atoms with Gasteiger partial charge in [0.05, 0.1) is 48.1 Å². The normalized spacial score (nSPS) is 31.7. The van der Waals surface area contributed by atoms with Gasteiger partial charge in [0.1, 0.15) is 47.3 Å². The van der Waals surface area contributed by atoms with E-state index in [1.165, 1.54) is 31.4 Å². The van der Waals surface area contributed by atoms with Crippen molar-refractivity contribution in [3.8, 4) is 23.0 Å². The minimum absolute atomic E-state index is 0.0846. The van der Waals surface area contributed by atoms with Crippen molar-refractivity contribution >= 4 is 35.5 Å². The number of methoxy groups -OCH3 is 1. The van der Waals surface area contributed by atoms with Gasteiger partial charge in [0.25, 0.3) is 0 Å². The van der Waals surface area contributed by atoms with Crippen LogP contribution >= 0.6 is 0 Å². The number of aliphatic imine (C=N–C) groups is 1. The Morgan fingerprint density at radius 3 is 2.36 bits per heavy atom. The number of imidazole rings is 1. The standard InChI is InChI=1S/C55H65N3O14/c1-27(2)11-10-20-53(8)21-19-34-45(71-53)33(17-12-28(3)4)47-38(46(34)70-50(65)31-13-15-32(16-14-31)68-51-44(62)43(61)42(60)37(26-59)69-51)40-39-41(58-24-23-56-52(58)57-40)35-25-36(29(5)6)55(39,72-47)54(66,48(35)63)22-18-30(7)49(64)67-9/h11-16,18-19,21,23-24,29,35-37,39,41-44,51,59-62,66H,10,17,20,22,25-26H2,1-9H3/t35?,36?,37-,39?,41?,42-,43+,44-,51-,53?,54?,55?/m1/s1. The van der Waals surface area contributed by atoms with Crippen LogP contribution in [0.15, 0.2) is 82.7 Å². The Bertz CT molecular complexity index is 2820. The first-order valence-electron chi connectivity index (χ1n) is 24.7. The molecule has 384 valence electrons. The highest BCUT2D eigenvalue weighted by atomic mass is 16.7. The molecule has 2 aromatic carbocycles. The predicted molar refractivity (Wildman–Crippen MR) is 263 cm³/mol. The van der Waals surface area contributed by atoms with Crippen LogP contribution in [0.2, 0.25) is 0 Å². The molecule has 1 aromatic heterocycles. The second-order valence-corrected chi connectivity index (χ2v) is 21.0. The summed E-state index contributed by atoms with van der Waals surface area (Å²) in [6.07, 6.45) is 7.20. The molecule has 4 fully saturated rings. The number of hydrogen-bond donors (Lipinski definition) is 5. The molecule has 5 N–H and O–H groups in total. The lowest BCUT2D eigenvalue weighted by atomic mass is 9.43. The van der Waals surface area contributed by atoms with E-state index in [4.69, 9.17) is 33.4 Å². The maximum absolute atomic E-state index is 15.3. The largest absolute Gasteiger partial charge is 0.482 e. The topological polar surface area (TPSA) is 238 Å². The lowest BCUT2D eigenvalue weighted by Gasteiger charge is -2.68. The summed E-state index contributed by atoms with van der Waals surface area (Å²) in [4.78, 5) is 52.9. The molecule has 7 unspecified atom stereocenters. The zero-order valence-electron chi connectivity index (χ0n) is 42.1. The Kier molecular flexibility index (Phi) is 13.6. The van der Waals surface area contributed by atoms with E-state index in [1.807, 2.05) is 71.3 Å². The summed E-state index contributed by atoms with van der Waals surface area (Å²) >= 11 is 0. The lowest BCUT2D eigenvalue weighted by molar-refractivity contribution is -0.277. The first-order valence-corrected chi connectivity index (χ1v) is 24.7. The van der Waals surface area contributed by atoms with Crippen molar-refractivity contribution in [2.75, 3.05) is 13.7 Å². The molecule has 17 nitrogen and oxygen atoms in total. The van der Waals surface area contributed by atoms with Crippen LogP contribution in [0.5, 0.6) is 23.0 Å². The van der Waals surface area contributed by atoms with Crippen LogP contribution in [0, 0.1) is 23.7 Å². The third kappa shape index (κ3) is 8.31. The molecule has 3 saturated carbocycles. The number of allylic oxidation sites excluding steroid dienone is 4. The van der Waals surface area contributed by atoms with E-state index in [0.717, 1.165) is 11.1 Å². The smallest absolute Gasteiger partial charge is 0.343 e. The highest BCUT2D eigenvalue weighted by Crippen LogP contribution is 2.69. The van der Waals surface area contributed by atoms with Gasteiger partial charge in [-0.3, -0.25) is 4.79 Å². The highest BCUT2D eigenvalue weighted by Gasteiger charge is 2.79. The van der Waals surface area contributed by atoms with Crippen molar-refractivity contribution in [1.29, 1.82) is 0 Å². The number of ketones is 1. The molecular weight excluding hydrogens is 927 g/mol. The molecule has 7 aliphatic rings. The molecule has 12 atom stereocenters. The van der Waals surface area contributed by atoms with E-state index >= 15 is 4.79 Å². The number of rotatable bonds is 14. The van der Waals surface area contributed by atoms with Gasteiger partial charge in [-0.25, -0.2) is 19.6 Å². The summed E-state index contributed by atoms with van der Waals surface area (Å²) in [7, 11) is 1.27. The number of nitrogens with zero attached hydrogens (tertiary/aromatic N) is 3. The molecule has 2 bridgehead atoms. The molecule has 4 aliphatic heterocycles. The van der Waals surface area contributed by atoms with E-state index in [1.54, 1.807) is 25.4 Å². The molecule has 17 heteroatoms. The van der Waals surface area contributed by atoms with E-state index in [2.05, 4.69) is 11.1 Å². The average Bonchev–Trinajstić information content (AvgIpc) is 3.83. The number of esters is 2. The van der Waals surface area contributed by atoms with Crippen molar-refractivity contribution < 1.29 is 68.3 Å². The fourth-order valence-corrected chi connectivity index (χ4v) is 11.7. The van der Waals surface area contributed by atoms with E-state index in [-0.39, 0.29) is 47.1 Å². The summed E-state index contributed by atoms with van der Waals surface area (Å²) in [5, 5.41) is 54.5. The monoisotopic (exact) mass is 991 g/mol. The average molecular weight is 992 g/mol. The summed E-state index contributed by atoms with van der Waals surface area (Å²) in [6.45, 7) is 15.1. The van der Waals surface area contributed by atoms with Gasteiger partial charge >= 0.3 is 11.9 Å². The Morgan fingerprint density at radius 2 is 1.69 bits per heavy atom. The first-order chi connectivity index (χ1) is 34.2. The molecule has 5 heterocycles. The van der Waals surface area contributed by atoms with Crippen molar-refractivity contribution in [2.45, 2.75) is 141 Å². The summed E-state index contributed by atoms with van der Waals surface area (Å²) in [6, 6.07) is 5.20. The Labute approximate surface area is 418 Å². The second kappa shape index (κ2) is 19.1. The number of carbonyl (C=O) groups excluding carboxylic acids is 3. The molecule has 1 spiro atoms. The van der Waals surface area contributed by atoms with Crippen molar-refractivity contribution in [2.24, 2.45) is 28.7 Å². The van der Waals surface area contributed by atoms with E-state index in [9.17, 15) is 35.1 Å². The zero-order chi connectivity index (χ0) is 51.8. The number of Topliss-reactive ketones (excluding diaryl/α,β-unsaturated/α-hetero) is 1. The summed E-state index contributed by atoms with van der Waals surface area (Å²) in [5.41, 5.74) is -0.425. The number of benzene rings is 2. The van der Waals surface area contributed by atoms with Crippen LogP contribution in [-0.2, 0) is 25.5 Å². The third-order valence-corrected chi connectivity index (χ3v) is 15.4. The number of aliphatic hydroxyl groups excluding tert-OH is 4. The molecule has 10 rings (SSSR count). The predicted octanol–water partition coefficient (Wildman–Crippen LogP) is 6.24. The van der Waals surface area contributed by atoms with E-state index in [0.29, 0.717) is 53.4 Å². The van der Waals surface area contributed by atoms with Gasteiger partial charge in [0, 0.05) is 41.8 Å². The van der Waals surface area contributed by atoms with Crippen LogP contribution in [0.1, 0.15) is 114 Å². The number of carbonyl (C=O) groups is 3. The van der Waals surface area contributed by atoms with Crippen LogP contribution in [-0.4, -0.2) is 120 Å². The highest BCUT2D eigenvalue weighted by molar-refractivity contribution is 6.14. The van der Waals surface area contributed by atoms with Crippen LogP contribution in [0.3, 0.4) is 0 Å². The van der Waals surface area contributed by atoms with Crippen molar-refractivity contribution in [3.05, 3.63) is 99.9 Å². The first kappa shape index (κ1) is 51.0. The number of aliphatic hydroxyl groups is 5. The second-order valence-electron chi connectivity index (χ2n) is 21.0. The number of aromatic nitrogens is 2. The van der Waals surface area contributed by atoms with Gasteiger partial charge in [0.15, 0.2) is 22.7 Å². The van der Waals surface area contributed by atoms with Gasteiger partial charge in [-0.1, -0.05) is 43.2 Å². The summed E-state index contributed by atoms with van der Waals surface area (Å²) in [5.74, 6) is -2.72. The SMILES string of the molecule is COC(=O)C(C)=CCC1(O)C(=O)C2CC(C(C)C)C13Oc1c(CC=C(C)C)c4c(c(OC(=O)c5ccc(O[C@@H]6O[C@H](CO)[C@@H](O)[C@H](O)[C@H]6O)cc5)c1C1=Nc5nccn5C2C13)C=CC(C)(CCC=C(C)C)O4. The van der Waals surface area contributed by atoms with Crippen LogP contribution < -0.4 is 18.9 Å². The zero-order valence-corrected chi connectivity index (χ0v) is 42.1. The molecule has 3 aliphatic carbocycles. The van der Waals surface area contributed by atoms with Gasteiger partial charge < -0.3 is 58.5 Å². The minimum atomic E-state index is -2.20. The molecule has 0 radical (unpaired) electrons. The Morgan fingerprint density at radius 1 is 0.972 bits per heavy atom. The van der Waals surface area contributed by atoms with Gasteiger partial charge in [-0.2, -0.15) is 0 Å². The minimum Gasteiger partial charge on any atom is -0.482 e. The number of hydrogen-bond acceptors (Lipinski definition) is 16. The molecule has 72 heavy (non-hydrogen) atoms. The van der Waals surface area contributed by atoms with E-state index < -0.39 is 95.6 Å². The summed E-state index contributed by atoms with van der Waals surface area (Å²) < 4.78 is 39.8. The van der Waals surface area contributed by atoms with Crippen molar-refractivity contribution in [3.63, 3.8) is 0 Å². The molecule has 3 aromatic rings.